The average Bonchev–Trinajstić information content (AvgIpc) is 2.30. The lowest BCUT2D eigenvalue weighted by atomic mass is 10.1. The molecule has 1 aliphatic rings. The summed E-state index contributed by atoms with van der Waals surface area (Å²) in [5, 5.41) is 9.19. The van der Waals surface area contributed by atoms with E-state index in [1.54, 1.807) is 0 Å². The number of hydrogen-bond acceptors (Lipinski definition) is 3. The molecule has 14 heavy (non-hydrogen) atoms. The number of anilines is 1. The van der Waals surface area contributed by atoms with E-state index < -0.39 is 0 Å². The zero-order valence-corrected chi connectivity index (χ0v) is 8.15. The van der Waals surface area contributed by atoms with Crippen LogP contribution in [0, 0.1) is 0 Å². The monoisotopic (exact) mass is 193 g/mol. The number of aliphatic hydroxyl groups excluding tert-OH is 1. The van der Waals surface area contributed by atoms with Gasteiger partial charge in [0.05, 0.1) is 19.8 Å². The molecule has 1 aromatic rings. The Morgan fingerprint density at radius 2 is 1.93 bits per heavy atom. The van der Waals surface area contributed by atoms with Crippen LogP contribution in [0.25, 0.3) is 0 Å². The highest BCUT2D eigenvalue weighted by Crippen LogP contribution is 2.20. The summed E-state index contributed by atoms with van der Waals surface area (Å²) in [5.41, 5.74) is 2.13. The molecule has 0 spiro atoms. The maximum Gasteiger partial charge on any atom is 0.0702 e. The van der Waals surface area contributed by atoms with Gasteiger partial charge in [-0.2, -0.15) is 0 Å². The summed E-state index contributed by atoms with van der Waals surface area (Å²) in [4.78, 5) is 2.26. The van der Waals surface area contributed by atoms with Crippen molar-refractivity contribution in [3.05, 3.63) is 29.8 Å². The van der Waals surface area contributed by atoms with Crippen molar-refractivity contribution in [3.63, 3.8) is 0 Å². The number of aliphatic hydroxyl groups is 1. The zero-order chi connectivity index (χ0) is 9.80. The number of rotatable bonds is 2. The fourth-order valence-electron chi connectivity index (χ4n) is 1.76. The molecule has 0 saturated carbocycles. The Bertz CT molecular complexity index is 295. The first kappa shape index (κ1) is 9.49. The summed E-state index contributed by atoms with van der Waals surface area (Å²) in [6, 6.07) is 7.97. The molecule has 1 N–H and O–H groups in total. The molecule has 0 unspecified atom stereocenters. The van der Waals surface area contributed by atoms with Crippen LogP contribution in [0.2, 0.25) is 0 Å². The van der Waals surface area contributed by atoms with E-state index in [4.69, 9.17) is 4.74 Å². The molecular formula is C11H15NO2. The topological polar surface area (TPSA) is 32.7 Å². The second-order valence-electron chi connectivity index (χ2n) is 3.39. The van der Waals surface area contributed by atoms with E-state index in [0.717, 1.165) is 37.6 Å². The standard InChI is InChI=1S/C11H15NO2/c13-9-10-3-1-2-4-11(10)12-5-7-14-8-6-12/h1-4,13H,5-9H2. The van der Waals surface area contributed by atoms with Gasteiger partial charge in [-0.1, -0.05) is 18.2 Å². The number of nitrogens with zero attached hydrogens (tertiary/aromatic N) is 1. The van der Waals surface area contributed by atoms with Gasteiger partial charge in [0.15, 0.2) is 0 Å². The van der Waals surface area contributed by atoms with Gasteiger partial charge in [0, 0.05) is 24.3 Å². The van der Waals surface area contributed by atoms with Gasteiger partial charge in [0.2, 0.25) is 0 Å². The minimum absolute atomic E-state index is 0.105. The molecule has 0 amide bonds. The van der Waals surface area contributed by atoms with Crippen LogP contribution in [0.1, 0.15) is 5.56 Å². The van der Waals surface area contributed by atoms with Crippen molar-refractivity contribution in [2.75, 3.05) is 31.2 Å². The quantitative estimate of drug-likeness (QED) is 0.761. The SMILES string of the molecule is OCc1ccccc1N1CCOCC1. The van der Waals surface area contributed by atoms with Crippen LogP contribution in [0.5, 0.6) is 0 Å². The van der Waals surface area contributed by atoms with Crippen molar-refractivity contribution in [3.8, 4) is 0 Å². The molecule has 0 aromatic heterocycles. The Balaban J connectivity index is 2.20. The smallest absolute Gasteiger partial charge is 0.0702 e. The molecule has 3 nitrogen and oxygen atoms in total. The van der Waals surface area contributed by atoms with Crippen LogP contribution < -0.4 is 4.90 Å². The third kappa shape index (κ3) is 1.89. The molecule has 1 heterocycles. The summed E-state index contributed by atoms with van der Waals surface area (Å²) >= 11 is 0. The molecule has 76 valence electrons. The number of morpholine rings is 1. The first-order valence-electron chi connectivity index (χ1n) is 4.93. The second-order valence-corrected chi connectivity index (χ2v) is 3.39. The predicted molar refractivity (Wildman–Crippen MR) is 55.4 cm³/mol. The normalized spacial score (nSPS) is 17.1. The van der Waals surface area contributed by atoms with Crippen LogP contribution >= 0.6 is 0 Å². The highest BCUT2D eigenvalue weighted by molar-refractivity contribution is 5.53. The largest absolute Gasteiger partial charge is 0.392 e. The molecular weight excluding hydrogens is 178 g/mol. The molecule has 1 saturated heterocycles. The number of benzene rings is 1. The van der Waals surface area contributed by atoms with Gasteiger partial charge in [0.1, 0.15) is 0 Å². The molecule has 0 radical (unpaired) electrons. The molecule has 0 bridgehead atoms. The highest BCUT2D eigenvalue weighted by Gasteiger charge is 2.13. The summed E-state index contributed by atoms with van der Waals surface area (Å²) in [6.45, 7) is 3.49. The van der Waals surface area contributed by atoms with Crippen molar-refractivity contribution >= 4 is 5.69 Å². The average molecular weight is 193 g/mol. The van der Waals surface area contributed by atoms with Crippen molar-refractivity contribution in [1.82, 2.24) is 0 Å². The molecule has 2 rings (SSSR count). The number of para-hydroxylation sites is 1. The van der Waals surface area contributed by atoms with Gasteiger partial charge < -0.3 is 14.7 Å². The third-order valence-corrected chi connectivity index (χ3v) is 2.51. The van der Waals surface area contributed by atoms with E-state index in [-0.39, 0.29) is 6.61 Å². The first-order valence-corrected chi connectivity index (χ1v) is 4.93. The van der Waals surface area contributed by atoms with E-state index in [1.165, 1.54) is 0 Å². The zero-order valence-electron chi connectivity index (χ0n) is 8.15. The third-order valence-electron chi connectivity index (χ3n) is 2.51. The van der Waals surface area contributed by atoms with Gasteiger partial charge in [-0.05, 0) is 6.07 Å². The minimum Gasteiger partial charge on any atom is -0.392 e. The molecule has 1 aliphatic heterocycles. The van der Waals surface area contributed by atoms with Crippen LogP contribution in [-0.2, 0) is 11.3 Å². The Morgan fingerprint density at radius 1 is 1.21 bits per heavy atom. The summed E-state index contributed by atoms with van der Waals surface area (Å²) in [6.07, 6.45) is 0. The van der Waals surface area contributed by atoms with Crippen LogP contribution in [0.15, 0.2) is 24.3 Å². The highest BCUT2D eigenvalue weighted by atomic mass is 16.5. The number of hydrogen-bond donors (Lipinski definition) is 1. The lowest BCUT2D eigenvalue weighted by Crippen LogP contribution is -2.36. The first-order chi connectivity index (χ1) is 6.92. The maximum absolute atomic E-state index is 9.19. The van der Waals surface area contributed by atoms with E-state index >= 15 is 0 Å². The fraction of sp³-hybridized carbons (Fsp3) is 0.455. The van der Waals surface area contributed by atoms with E-state index in [2.05, 4.69) is 11.0 Å². The predicted octanol–water partition coefficient (Wildman–Crippen LogP) is 1.02. The molecule has 3 heteroatoms. The summed E-state index contributed by atoms with van der Waals surface area (Å²) in [5.74, 6) is 0. The Hall–Kier alpha value is -1.06. The maximum atomic E-state index is 9.19. The van der Waals surface area contributed by atoms with Gasteiger partial charge in [-0.15, -0.1) is 0 Å². The summed E-state index contributed by atoms with van der Waals surface area (Å²) < 4.78 is 5.29. The van der Waals surface area contributed by atoms with Gasteiger partial charge in [-0.3, -0.25) is 0 Å². The molecule has 1 aromatic carbocycles. The Labute approximate surface area is 83.9 Å². The van der Waals surface area contributed by atoms with Crippen molar-refractivity contribution in [1.29, 1.82) is 0 Å². The van der Waals surface area contributed by atoms with E-state index in [1.807, 2.05) is 18.2 Å². The Morgan fingerprint density at radius 3 is 2.64 bits per heavy atom. The molecule has 0 atom stereocenters. The van der Waals surface area contributed by atoms with Crippen LogP contribution in [0.3, 0.4) is 0 Å². The summed E-state index contributed by atoms with van der Waals surface area (Å²) in [7, 11) is 0. The van der Waals surface area contributed by atoms with Crippen LogP contribution in [0.4, 0.5) is 5.69 Å². The lowest BCUT2D eigenvalue weighted by Gasteiger charge is -2.30. The van der Waals surface area contributed by atoms with E-state index in [0.29, 0.717) is 0 Å². The lowest BCUT2D eigenvalue weighted by molar-refractivity contribution is 0.122. The number of ether oxygens (including phenoxy) is 1. The Kier molecular flexibility index (Phi) is 3.01. The molecule has 0 aliphatic carbocycles. The van der Waals surface area contributed by atoms with Crippen molar-refractivity contribution in [2.24, 2.45) is 0 Å². The van der Waals surface area contributed by atoms with Crippen LogP contribution in [-0.4, -0.2) is 31.4 Å². The van der Waals surface area contributed by atoms with Crippen molar-refractivity contribution < 1.29 is 9.84 Å². The van der Waals surface area contributed by atoms with E-state index in [9.17, 15) is 5.11 Å². The van der Waals surface area contributed by atoms with Gasteiger partial charge in [-0.25, -0.2) is 0 Å². The second kappa shape index (κ2) is 4.44. The molecule has 1 fully saturated rings. The van der Waals surface area contributed by atoms with Gasteiger partial charge >= 0.3 is 0 Å². The minimum atomic E-state index is 0.105. The van der Waals surface area contributed by atoms with Gasteiger partial charge in [0.25, 0.3) is 0 Å². The van der Waals surface area contributed by atoms with Crippen molar-refractivity contribution in [2.45, 2.75) is 6.61 Å². The fourth-order valence-corrected chi connectivity index (χ4v) is 1.76.